The average Bonchev–Trinajstić information content (AvgIpc) is 2.76. The second kappa shape index (κ2) is 5.06. The van der Waals surface area contributed by atoms with Crippen molar-refractivity contribution in [3.8, 4) is 0 Å². The van der Waals surface area contributed by atoms with E-state index in [1.807, 2.05) is 0 Å². The fourth-order valence-electron chi connectivity index (χ4n) is 2.39. The lowest BCUT2D eigenvalue weighted by molar-refractivity contribution is 0.361. The van der Waals surface area contributed by atoms with E-state index in [1.54, 1.807) is 0 Å². The molecule has 0 bridgehead atoms. The highest BCUT2D eigenvalue weighted by Crippen LogP contribution is 2.37. The van der Waals surface area contributed by atoms with Crippen molar-refractivity contribution in [3.05, 3.63) is 17.7 Å². The standard InChI is InChI=1S/C12H18F2N4/c1-12(4-2-3-5-12)7-16-10-8(13)6-9(14)11(17-10)18-15/h6H,2-5,7,15H2,1H3,(H2,16,17,18). The van der Waals surface area contributed by atoms with Crippen LogP contribution in [0.3, 0.4) is 0 Å². The van der Waals surface area contributed by atoms with Gasteiger partial charge in [-0.2, -0.15) is 0 Å². The van der Waals surface area contributed by atoms with Crippen LogP contribution in [0, 0.1) is 17.0 Å². The van der Waals surface area contributed by atoms with Crippen molar-refractivity contribution in [1.29, 1.82) is 0 Å². The molecule has 1 fully saturated rings. The van der Waals surface area contributed by atoms with Crippen molar-refractivity contribution in [1.82, 2.24) is 4.98 Å². The van der Waals surface area contributed by atoms with Crippen LogP contribution in [0.5, 0.6) is 0 Å². The van der Waals surface area contributed by atoms with Crippen molar-refractivity contribution in [3.63, 3.8) is 0 Å². The number of halogens is 2. The first kappa shape index (κ1) is 13.0. The van der Waals surface area contributed by atoms with Crippen LogP contribution in [0.25, 0.3) is 0 Å². The van der Waals surface area contributed by atoms with Gasteiger partial charge in [0.2, 0.25) is 0 Å². The molecule has 1 aliphatic rings. The summed E-state index contributed by atoms with van der Waals surface area (Å²) in [6, 6.07) is 0.779. The van der Waals surface area contributed by atoms with E-state index in [4.69, 9.17) is 5.84 Å². The van der Waals surface area contributed by atoms with E-state index < -0.39 is 11.6 Å². The van der Waals surface area contributed by atoms with Crippen LogP contribution < -0.4 is 16.6 Å². The summed E-state index contributed by atoms with van der Waals surface area (Å²) in [7, 11) is 0. The molecule has 0 unspecified atom stereocenters. The zero-order valence-corrected chi connectivity index (χ0v) is 10.4. The molecule has 1 aromatic heterocycles. The minimum atomic E-state index is -0.798. The fourth-order valence-corrected chi connectivity index (χ4v) is 2.39. The van der Waals surface area contributed by atoms with Crippen LogP contribution in [0.2, 0.25) is 0 Å². The number of hydrazine groups is 1. The Hall–Kier alpha value is -1.43. The number of hydrogen-bond acceptors (Lipinski definition) is 4. The van der Waals surface area contributed by atoms with Gasteiger partial charge in [0.25, 0.3) is 0 Å². The summed E-state index contributed by atoms with van der Waals surface area (Å²) in [5.74, 6) is 3.49. The Bertz CT molecular complexity index is 430. The van der Waals surface area contributed by atoms with Gasteiger partial charge in [0.05, 0.1) is 0 Å². The molecule has 100 valence electrons. The molecule has 0 aliphatic heterocycles. The normalized spacial score (nSPS) is 17.8. The van der Waals surface area contributed by atoms with E-state index in [2.05, 4.69) is 22.7 Å². The Morgan fingerprint density at radius 1 is 1.28 bits per heavy atom. The molecular weight excluding hydrogens is 238 g/mol. The summed E-state index contributed by atoms with van der Waals surface area (Å²) in [5, 5.41) is 2.95. The topological polar surface area (TPSA) is 63.0 Å². The summed E-state index contributed by atoms with van der Waals surface area (Å²) in [4.78, 5) is 3.79. The molecule has 1 aromatic rings. The van der Waals surface area contributed by atoms with Crippen molar-refractivity contribution in [2.45, 2.75) is 32.6 Å². The molecule has 4 nitrogen and oxygen atoms in total. The fraction of sp³-hybridized carbons (Fsp3) is 0.583. The summed E-state index contributed by atoms with van der Waals surface area (Å²) in [5.41, 5.74) is 2.27. The summed E-state index contributed by atoms with van der Waals surface area (Å²) in [6.45, 7) is 2.79. The third-order valence-electron chi connectivity index (χ3n) is 3.56. The first-order valence-electron chi connectivity index (χ1n) is 6.11. The lowest BCUT2D eigenvalue weighted by Gasteiger charge is -2.24. The monoisotopic (exact) mass is 256 g/mol. The molecule has 0 atom stereocenters. The van der Waals surface area contributed by atoms with E-state index in [9.17, 15) is 8.78 Å². The third kappa shape index (κ3) is 2.69. The molecule has 6 heteroatoms. The Morgan fingerprint density at radius 3 is 2.50 bits per heavy atom. The number of nitrogen functional groups attached to an aromatic ring is 1. The SMILES string of the molecule is CC1(CNc2nc(NN)c(F)cc2F)CCCC1. The molecule has 2 rings (SSSR count). The smallest absolute Gasteiger partial charge is 0.178 e. The molecule has 0 saturated heterocycles. The second-order valence-electron chi connectivity index (χ2n) is 5.16. The highest BCUT2D eigenvalue weighted by Gasteiger charge is 2.28. The van der Waals surface area contributed by atoms with E-state index in [0.29, 0.717) is 6.54 Å². The van der Waals surface area contributed by atoms with E-state index >= 15 is 0 Å². The molecule has 1 saturated carbocycles. The average molecular weight is 256 g/mol. The van der Waals surface area contributed by atoms with Crippen LogP contribution >= 0.6 is 0 Å². The van der Waals surface area contributed by atoms with Crippen LogP contribution in [0.15, 0.2) is 6.07 Å². The van der Waals surface area contributed by atoms with Gasteiger partial charge in [-0.3, -0.25) is 0 Å². The minimum Gasteiger partial charge on any atom is -0.367 e. The lowest BCUT2D eigenvalue weighted by atomic mass is 9.89. The quantitative estimate of drug-likeness (QED) is 0.572. The number of nitrogens with zero attached hydrogens (tertiary/aromatic N) is 1. The Kier molecular flexibility index (Phi) is 3.65. The Labute approximate surface area is 105 Å². The number of anilines is 2. The van der Waals surface area contributed by atoms with E-state index in [1.165, 1.54) is 12.8 Å². The van der Waals surface area contributed by atoms with Crippen LogP contribution in [-0.4, -0.2) is 11.5 Å². The number of pyridine rings is 1. The molecule has 0 spiro atoms. The molecule has 0 aromatic carbocycles. The predicted molar refractivity (Wildman–Crippen MR) is 67.0 cm³/mol. The lowest BCUT2D eigenvalue weighted by Crippen LogP contribution is -2.24. The maximum Gasteiger partial charge on any atom is 0.178 e. The van der Waals surface area contributed by atoms with Crippen LogP contribution in [-0.2, 0) is 0 Å². The molecule has 0 amide bonds. The molecule has 4 N–H and O–H groups in total. The van der Waals surface area contributed by atoms with Crippen molar-refractivity contribution in [2.24, 2.45) is 11.3 Å². The zero-order chi connectivity index (χ0) is 13.2. The van der Waals surface area contributed by atoms with E-state index in [-0.39, 0.29) is 17.1 Å². The van der Waals surface area contributed by atoms with Crippen molar-refractivity contribution < 1.29 is 8.78 Å². The number of rotatable bonds is 4. The molecule has 1 heterocycles. The molecular formula is C12H18F2N4. The van der Waals surface area contributed by atoms with Gasteiger partial charge in [0.15, 0.2) is 23.3 Å². The molecule has 1 aliphatic carbocycles. The van der Waals surface area contributed by atoms with Gasteiger partial charge in [0.1, 0.15) is 0 Å². The number of aromatic nitrogens is 1. The van der Waals surface area contributed by atoms with Gasteiger partial charge >= 0.3 is 0 Å². The van der Waals surface area contributed by atoms with Crippen LogP contribution in [0.1, 0.15) is 32.6 Å². The molecule has 0 radical (unpaired) electrons. The second-order valence-corrected chi connectivity index (χ2v) is 5.16. The van der Waals surface area contributed by atoms with Gasteiger partial charge in [-0.25, -0.2) is 19.6 Å². The van der Waals surface area contributed by atoms with Gasteiger partial charge in [0, 0.05) is 12.6 Å². The highest BCUT2D eigenvalue weighted by atomic mass is 19.1. The maximum atomic E-state index is 13.5. The van der Waals surface area contributed by atoms with E-state index in [0.717, 1.165) is 18.9 Å². The van der Waals surface area contributed by atoms with Gasteiger partial charge < -0.3 is 10.7 Å². The number of nitrogens with two attached hydrogens (primary N) is 1. The third-order valence-corrected chi connectivity index (χ3v) is 3.56. The first-order valence-corrected chi connectivity index (χ1v) is 6.11. The highest BCUT2D eigenvalue weighted by molar-refractivity contribution is 5.47. The first-order chi connectivity index (χ1) is 8.54. The zero-order valence-electron chi connectivity index (χ0n) is 10.4. The number of nitrogens with one attached hydrogen (secondary N) is 2. The summed E-state index contributed by atoms with van der Waals surface area (Å²) < 4.78 is 26.7. The Morgan fingerprint density at radius 2 is 1.89 bits per heavy atom. The Balaban J connectivity index is 2.09. The van der Waals surface area contributed by atoms with Gasteiger partial charge in [-0.15, -0.1) is 0 Å². The predicted octanol–water partition coefficient (Wildman–Crippen LogP) is 2.64. The molecule has 18 heavy (non-hydrogen) atoms. The van der Waals surface area contributed by atoms with Gasteiger partial charge in [-0.1, -0.05) is 19.8 Å². The largest absolute Gasteiger partial charge is 0.367 e. The van der Waals surface area contributed by atoms with Crippen molar-refractivity contribution in [2.75, 3.05) is 17.3 Å². The minimum absolute atomic E-state index is 0.0393. The maximum absolute atomic E-state index is 13.5. The van der Waals surface area contributed by atoms with Crippen LogP contribution in [0.4, 0.5) is 20.4 Å². The summed E-state index contributed by atoms with van der Waals surface area (Å²) in [6.07, 6.45) is 4.63. The summed E-state index contributed by atoms with van der Waals surface area (Å²) >= 11 is 0. The number of hydrogen-bond donors (Lipinski definition) is 3. The van der Waals surface area contributed by atoms with Crippen molar-refractivity contribution >= 4 is 11.6 Å². The van der Waals surface area contributed by atoms with Gasteiger partial charge in [-0.05, 0) is 18.3 Å².